The van der Waals surface area contributed by atoms with Gasteiger partial charge in [0.1, 0.15) is 17.3 Å². The zero-order valence-corrected chi connectivity index (χ0v) is 12.1. The van der Waals surface area contributed by atoms with E-state index in [1.54, 1.807) is 0 Å². The number of amides is 1. The predicted molar refractivity (Wildman–Crippen MR) is 69.6 cm³/mol. The standard InChI is InChI=1S/C15H15F4NO2/c1-15(2,13(18)19)14(21)20-6-8-5-11(20)9-3-7(16)4-10(17)12(9)22-8/h3-4,8,11,13H,5-6H2,1-2H3/t8-,11-/m0/s1. The Morgan fingerprint density at radius 1 is 1.36 bits per heavy atom. The van der Waals surface area contributed by atoms with Crippen LogP contribution in [0.4, 0.5) is 17.6 Å². The quantitative estimate of drug-likeness (QED) is 0.783. The lowest BCUT2D eigenvalue weighted by molar-refractivity contribution is -0.149. The zero-order chi connectivity index (χ0) is 16.2. The molecule has 2 aliphatic rings. The number of carbonyl (C=O) groups is 1. The minimum absolute atomic E-state index is 0.0900. The minimum atomic E-state index is -2.83. The van der Waals surface area contributed by atoms with Crippen LogP contribution in [-0.2, 0) is 4.79 Å². The highest BCUT2D eigenvalue weighted by Crippen LogP contribution is 2.46. The maximum atomic E-state index is 13.8. The maximum Gasteiger partial charge on any atom is 0.252 e. The second-order valence-corrected chi connectivity index (χ2v) is 6.28. The molecule has 1 amide bonds. The van der Waals surface area contributed by atoms with E-state index >= 15 is 0 Å². The highest BCUT2D eigenvalue weighted by molar-refractivity contribution is 5.83. The number of nitrogens with zero attached hydrogens (tertiary/aromatic N) is 1. The Hall–Kier alpha value is -1.79. The van der Waals surface area contributed by atoms with E-state index in [2.05, 4.69) is 0 Å². The van der Waals surface area contributed by atoms with Gasteiger partial charge >= 0.3 is 0 Å². The second kappa shape index (κ2) is 4.86. The average Bonchev–Trinajstić information content (AvgIpc) is 2.77. The van der Waals surface area contributed by atoms with E-state index in [9.17, 15) is 22.4 Å². The van der Waals surface area contributed by atoms with Gasteiger partial charge in [0, 0.05) is 18.1 Å². The molecule has 1 aromatic rings. The molecule has 0 spiro atoms. The normalized spacial score (nSPS) is 23.5. The molecule has 0 saturated carbocycles. The van der Waals surface area contributed by atoms with Crippen molar-refractivity contribution in [2.45, 2.75) is 38.8 Å². The Morgan fingerprint density at radius 2 is 2.05 bits per heavy atom. The predicted octanol–water partition coefficient (Wildman–Crippen LogP) is 3.29. The summed E-state index contributed by atoms with van der Waals surface area (Å²) in [5.74, 6) is -2.46. The molecule has 0 aliphatic carbocycles. The number of halogens is 4. The van der Waals surface area contributed by atoms with Crippen molar-refractivity contribution in [3.63, 3.8) is 0 Å². The Labute approximate surface area is 124 Å². The van der Waals surface area contributed by atoms with Gasteiger partial charge < -0.3 is 9.64 Å². The van der Waals surface area contributed by atoms with E-state index in [0.29, 0.717) is 12.5 Å². The molecule has 2 aliphatic heterocycles. The highest BCUT2D eigenvalue weighted by Gasteiger charge is 2.49. The summed E-state index contributed by atoms with van der Waals surface area (Å²) in [6.07, 6.45) is -2.94. The maximum absolute atomic E-state index is 13.8. The van der Waals surface area contributed by atoms with Gasteiger partial charge in [-0.25, -0.2) is 17.6 Å². The highest BCUT2D eigenvalue weighted by atomic mass is 19.3. The number of carbonyl (C=O) groups excluding carboxylic acids is 1. The van der Waals surface area contributed by atoms with Crippen LogP contribution in [0.5, 0.6) is 5.75 Å². The van der Waals surface area contributed by atoms with Crippen LogP contribution in [-0.4, -0.2) is 29.9 Å². The number of hydrogen-bond acceptors (Lipinski definition) is 2. The molecule has 1 aromatic carbocycles. The summed E-state index contributed by atoms with van der Waals surface area (Å²) in [4.78, 5) is 13.7. The van der Waals surface area contributed by atoms with Crippen LogP contribution in [0.25, 0.3) is 0 Å². The van der Waals surface area contributed by atoms with E-state index < -0.39 is 41.5 Å². The molecule has 1 saturated heterocycles. The molecular weight excluding hydrogens is 302 g/mol. The van der Waals surface area contributed by atoms with Gasteiger partial charge in [-0.3, -0.25) is 4.79 Å². The summed E-state index contributed by atoms with van der Waals surface area (Å²) >= 11 is 0. The summed E-state index contributed by atoms with van der Waals surface area (Å²) in [7, 11) is 0. The fourth-order valence-corrected chi connectivity index (χ4v) is 2.98. The number of fused-ring (bicyclic) bond motifs is 4. The van der Waals surface area contributed by atoms with Crippen molar-refractivity contribution < 1.29 is 27.1 Å². The van der Waals surface area contributed by atoms with E-state index in [1.807, 2.05) is 0 Å². The molecule has 2 atom stereocenters. The van der Waals surface area contributed by atoms with Gasteiger partial charge in [-0.05, 0) is 19.9 Å². The Bertz CT molecular complexity index is 632. The fourth-order valence-electron chi connectivity index (χ4n) is 2.98. The third-order valence-electron chi connectivity index (χ3n) is 4.30. The van der Waals surface area contributed by atoms with E-state index in [-0.39, 0.29) is 17.9 Å². The lowest BCUT2D eigenvalue weighted by Crippen LogP contribution is -2.44. The number of likely N-dealkylation sites (tertiary alicyclic amines) is 1. The molecule has 0 radical (unpaired) electrons. The van der Waals surface area contributed by atoms with Crippen molar-refractivity contribution in [2.24, 2.45) is 5.41 Å². The molecule has 0 unspecified atom stereocenters. The van der Waals surface area contributed by atoms with Gasteiger partial charge in [-0.15, -0.1) is 0 Å². The van der Waals surface area contributed by atoms with Gasteiger partial charge in [-0.1, -0.05) is 0 Å². The Balaban J connectivity index is 1.99. The second-order valence-electron chi connectivity index (χ2n) is 6.28. The third-order valence-corrected chi connectivity index (χ3v) is 4.30. The van der Waals surface area contributed by atoms with Gasteiger partial charge in [0.2, 0.25) is 5.91 Å². The largest absolute Gasteiger partial charge is 0.485 e. The van der Waals surface area contributed by atoms with Crippen LogP contribution < -0.4 is 4.74 Å². The Kier molecular flexibility index (Phi) is 3.34. The van der Waals surface area contributed by atoms with Crippen LogP contribution in [0.2, 0.25) is 0 Å². The first-order valence-corrected chi connectivity index (χ1v) is 6.96. The molecule has 0 aromatic heterocycles. The molecular formula is C15H15F4NO2. The monoisotopic (exact) mass is 317 g/mol. The smallest absolute Gasteiger partial charge is 0.252 e. The molecule has 3 nitrogen and oxygen atoms in total. The van der Waals surface area contributed by atoms with E-state index in [1.165, 1.54) is 4.90 Å². The average molecular weight is 317 g/mol. The van der Waals surface area contributed by atoms with Crippen LogP contribution in [0.1, 0.15) is 31.9 Å². The van der Waals surface area contributed by atoms with Crippen LogP contribution in [0, 0.1) is 17.0 Å². The molecule has 7 heteroatoms. The molecule has 2 heterocycles. The number of benzene rings is 1. The molecule has 2 bridgehead atoms. The lowest BCUT2D eigenvalue weighted by Gasteiger charge is -2.32. The first-order chi connectivity index (χ1) is 10.2. The van der Waals surface area contributed by atoms with Crippen molar-refractivity contribution in [1.82, 2.24) is 4.90 Å². The SMILES string of the molecule is CC(C)(C(=O)N1C[C@@H]2C[C@H]1c1cc(F)cc(F)c1O2)C(F)F. The van der Waals surface area contributed by atoms with Gasteiger partial charge in [0.05, 0.1) is 12.6 Å². The number of alkyl halides is 2. The third kappa shape index (κ3) is 2.14. The number of hydrogen-bond donors (Lipinski definition) is 0. The summed E-state index contributed by atoms with van der Waals surface area (Å²) in [6.45, 7) is 2.42. The fraction of sp³-hybridized carbons (Fsp3) is 0.533. The minimum Gasteiger partial charge on any atom is -0.485 e. The molecule has 3 rings (SSSR count). The summed E-state index contributed by atoms with van der Waals surface area (Å²) < 4.78 is 58.9. The van der Waals surface area contributed by atoms with Gasteiger partial charge in [0.25, 0.3) is 6.43 Å². The number of rotatable bonds is 2. The van der Waals surface area contributed by atoms with Gasteiger partial charge in [-0.2, -0.15) is 0 Å². The topological polar surface area (TPSA) is 29.5 Å². The summed E-state index contributed by atoms with van der Waals surface area (Å²) in [5.41, 5.74) is -1.66. The van der Waals surface area contributed by atoms with Crippen molar-refractivity contribution in [3.8, 4) is 5.75 Å². The zero-order valence-electron chi connectivity index (χ0n) is 12.1. The molecule has 120 valence electrons. The molecule has 0 N–H and O–H groups in total. The first-order valence-electron chi connectivity index (χ1n) is 6.96. The Morgan fingerprint density at radius 3 is 2.68 bits per heavy atom. The summed E-state index contributed by atoms with van der Waals surface area (Å²) in [6, 6.07) is 1.17. The van der Waals surface area contributed by atoms with Crippen LogP contribution in [0.3, 0.4) is 0 Å². The van der Waals surface area contributed by atoms with Crippen molar-refractivity contribution in [2.75, 3.05) is 6.54 Å². The van der Waals surface area contributed by atoms with E-state index in [4.69, 9.17) is 4.74 Å². The van der Waals surface area contributed by atoms with Crippen molar-refractivity contribution >= 4 is 5.91 Å². The lowest BCUT2D eigenvalue weighted by atomic mass is 9.91. The molecule has 1 fully saturated rings. The van der Waals surface area contributed by atoms with Crippen molar-refractivity contribution in [3.05, 3.63) is 29.3 Å². The van der Waals surface area contributed by atoms with Gasteiger partial charge in [0.15, 0.2) is 11.6 Å². The van der Waals surface area contributed by atoms with E-state index in [0.717, 1.165) is 19.9 Å². The summed E-state index contributed by atoms with van der Waals surface area (Å²) in [5, 5.41) is 0. The first kappa shape index (κ1) is 15.1. The van der Waals surface area contributed by atoms with Crippen LogP contribution >= 0.6 is 0 Å². The van der Waals surface area contributed by atoms with Crippen LogP contribution in [0.15, 0.2) is 12.1 Å². The molecule has 22 heavy (non-hydrogen) atoms. The van der Waals surface area contributed by atoms with Crippen molar-refractivity contribution in [1.29, 1.82) is 0 Å². The number of ether oxygens (including phenoxy) is 1.